The van der Waals surface area contributed by atoms with Crippen molar-refractivity contribution in [2.24, 2.45) is 0 Å². The molecule has 0 unspecified atom stereocenters. The molecular weight excluding hydrogens is 374 g/mol. The van der Waals surface area contributed by atoms with Gasteiger partial charge in [0.15, 0.2) is 0 Å². The molecule has 2 aromatic rings. The van der Waals surface area contributed by atoms with E-state index in [-0.39, 0.29) is 11.4 Å². The Morgan fingerprint density at radius 3 is 2.90 bits per heavy atom. The average molecular weight is 390 g/mol. The molecule has 0 spiro atoms. The molecule has 0 aliphatic carbocycles. The van der Waals surface area contributed by atoms with Crippen LogP contribution in [0.3, 0.4) is 0 Å². The molecule has 0 saturated heterocycles. The predicted octanol–water partition coefficient (Wildman–Crippen LogP) is 3.21. The summed E-state index contributed by atoms with van der Waals surface area (Å²) in [4.78, 5) is 5.03. The highest BCUT2D eigenvalue weighted by molar-refractivity contribution is 9.10. The minimum absolute atomic E-state index is 0.175. The maximum atomic E-state index is 12.4. The Balaban J connectivity index is 2.15. The zero-order valence-electron chi connectivity index (χ0n) is 11.5. The van der Waals surface area contributed by atoms with E-state index in [2.05, 4.69) is 31.0 Å². The monoisotopic (exact) mass is 389 g/mol. The minimum atomic E-state index is -3.59. The summed E-state index contributed by atoms with van der Waals surface area (Å²) in [6, 6.07) is 3.57. The number of rotatable bonds is 7. The second-order valence-electron chi connectivity index (χ2n) is 4.35. The number of thiophene rings is 1. The fourth-order valence-electron chi connectivity index (χ4n) is 1.69. The minimum Gasteiger partial charge on any atom is -0.384 e. The fraction of sp³-hybridized carbons (Fsp3) is 0.308. The highest BCUT2D eigenvalue weighted by Gasteiger charge is 2.18. The van der Waals surface area contributed by atoms with Gasteiger partial charge in [0.1, 0.15) is 4.90 Å². The molecule has 0 saturated carbocycles. The first kappa shape index (κ1) is 16.4. The predicted molar refractivity (Wildman–Crippen MR) is 89.1 cm³/mol. The quantitative estimate of drug-likeness (QED) is 0.762. The summed E-state index contributed by atoms with van der Waals surface area (Å²) in [5.74, 6) is 0. The van der Waals surface area contributed by atoms with E-state index in [1.54, 1.807) is 12.3 Å². The van der Waals surface area contributed by atoms with Crippen LogP contribution in [-0.2, 0) is 16.6 Å². The summed E-state index contributed by atoms with van der Waals surface area (Å²) >= 11 is 4.85. The van der Waals surface area contributed by atoms with Crippen molar-refractivity contribution in [2.75, 3.05) is 11.9 Å². The van der Waals surface area contributed by atoms with E-state index >= 15 is 0 Å². The third-order valence-electron chi connectivity index (χ3n) is 2.70. The summed E-state index contributed by atoms with van der Waals surface area (Å²) in [6.07, 6.45) is 3.86. The standard InChI is InChI=1S/C13H16BrN3O2S2/c1-2-4-16-12-3-5-15-8-13(12)21(18,19)17-7-11-6-10(14)9-20-11/h3,5-6,8-9,17H,2,4,7H2,1H3,(H,15,16). The van der Waals surface area contributed by atoms with E-state index in [4.69, 9.17) is 0 Å². The van der Waals surface area contributed by atoms with Crippen LogP contribution in [0, 0.1) is 0 Å². The molecule has 0 aliphatic rings. The SMILES string of the molecule is CCCNc1ccncc1S(=O)(=O)NCc1cc(Br)cs1. The molecule has 0 aliphatic heterocycles. The molecule has 2 N–H and O–H groups in total. The number of aromatic nitrogens is 1. The molecule has 0 radical (unpaired) electrons. The molecular formula is C13H16BrN3O2S2. The molecule has 0 aromatic carbocycles. The van der Waals surface area contributed by atoms with Crippen LogP contribution in [-0.4, -0.2) is 19.9 Å². The van der Waals surface area contributed by atoms with Gasteiger partial charge in [0.2, 0.25) is 10.0 Å². The number of hydrogen-bond acceptors (Lipinski definition) is 5. The van der Waals surface area contributed by atoms with E-state index in [0.717, 1.165) is 15.8 Å². The van der Waals surface area contributed by atoms with Crippen molar-refractivity contribution < 1.29 is 8.42 Å². The van der Waals surface area contributed by atoms with Gasteiger partial charge in [-0.15, -0.1) is 11.3 Å². The second-order valence-corrected chi connectivity index (χ2v) is 8.00. The van der Waals surface area contributed by atoms with Gasteiger partial charge in [-0.3, -0.25) is 4.98 Å². The average Bonchev–Trinajstić information content (AvgIpc) is 2.89. The second kappa shape index (κ2) is 7.35. The summed E-state index contributed by atoms with van der Waals surface area (Å²) < 4.78 is 28.4. The van der Waals surface area contributed by atoms with Crippen LogP contribution >= 0.6 is 27.3 Å². The van der Waals surface area contributed by atoms with Crippen molar-refractivity contribution in [1.29, 1.82) is 0 Å². The summed E-state index contributed by atoms with van der Waals surface area (Å²) in [7, 11) is -3.59. The van der Waals surface area contributed by atoms with E-state index in [1.807, 2.05) is 18.4 Å². The van der Waals surface area contributed by atoms with E-state index in [0.29, 0.717) is 12.2 Å². The van der Waals surface area contributed by atoms with Crippen molar-refractivity contribution in [3.05, 3.63) is 39.3 Å². The molecule has 2 rings (SSSR count). The van der Waals surface area contributed by atoms with Crippen LogP contribution < -0.4 is 10.0 Å². The zero-order valence-corrected chi connectivity index (χ0v) is 14.7. The number of nitrogens with zero attached hydrogens (tertiary/aromatic N) is 1. The zero-order chi connectivity index (χ0) is 15.3. The molecule has 8 heteroatoms. The van der Waals surface area contributed by atoms with Crippen LogP contribution in [0.4, 0.5) is 5.69 Å². The Kier molecular flexibility index (Phi) is 5.74. The number of pyridine rings is 1. The topological polar surface area (TPSA) is 71.1 Å². The maximum absolute atomic E-state index is 12.4. The van der Waals surface area contributed by atoms with Crippen molar-refractivity contribution >= 4 is 43.0 Å². The van der Waals surface area contributed by atoms with Gasteiger partial charge < -0.3 is 5.32 Å². The van der Waals surface area contributed by atoms with Crippen molar-refractivity contribution in [3.8, 4) is 0 Å². The lowest BCUT2D eigenvalue weighted by Crippen LogP contribution is -2.24. The third-order valence-corrected chi connectivity index (χ3v) is 5.82. The number of anilines is 1. The van der Waals surface area contributed by atoms with Crippen LogP contribution in [0.5, 0.6) is 0 Å². The van der Waals surface area contributed by atoms with Gasteiger partial charge in [0.25, 0.3) is 0 Å². The highest BCUT2D eigenvalue weighted by atomic mass is 79.9. The first-order valence-corrected chi connectivity index (χ1v) is 9.59. The number of hydrogen-bond donors (Lipinski definition) is 2. The molecule has 114 valence electrons. The van der Waals surface area contributed by atoms with Crippen LogP contribution in [0.2, 0.25) is 0 Å². The van der Waals surface area contributed by atoms with Crippen molar-refractivity contribution in [1.82, 2.24) is 9.71 Å². The molecule has 0 bridgehead atoms. The van der Waals surface area contributed by atoms with Gasteiger partial charge in [0.05, 0.1) is 5.69 Å². The maximum Gasteiger partial charge on any atom is 0.244 e. The molecule has 2 aromatic heterocycles. The third kappa shape index (κ3) is 4.50. The summed E-state index contributed by atoms with van der Waals surface area (Å²) in [6.45, 7) is 3.00. The largest absolute Gasteiger partial charge is 0.384 e. The Hall–Kier alpha value is -0.960. The van der Waals surface area contributed by atoms with E-state index < -0.39 is 10.0 Å². The molecule has 0 atom stereocenters. The number of nitrogens with one attached hydrogen (secondary N) is 2. The van der Waals surface area contributed by atoms with Gasteiger partial charge >= 0.3 is 0 Å². The van der Waals surface area contributed by atoms with Crippen molar-refractivity contribution in [3.63, 3.8) is 0 Å². The smallest absolute Gasteiger partial charge is 0.244 e. The van der Waals surface area contributed by atoms with Gasteiger partial charge in [-0.25, -0.2) is 13.1 Å². The first-order chi connectivity index (χ1) is 10.0. The molecule has 21 heavy (non-hydrogen) atoms. The van der Waals surface area contributed by atoms with Gasteiger partial charge in [-0.05, 0) is 34.5 Å². The van der Waals surface area contributed by atoms with Gasteiger partial charge in [0, 0.05) is 40.2 Å². The van der Waals surface area contributed by atoms with E-state index in [1.165, 1.54) is 17.5 Å². The van der Waals surface area contributed by atoms with Crippen LogP contribution in [0.25, 0.3) is 0 Å². The highest BCUT2D eigenvalue weighted by Crippen LogP contribution is 2.22. The van der Waals surface area contributed by atoms with Crippen LogP contribution in [0.1, 0.15) is 18.2 Å². The van der Waals surface area contributed by atoms with Crippen LogP contribution in [0.15, 0.2) is 39.3 Å². The lowest BCUT2D eigenvalue weighted by Gasteiger charge is -2.11. The van der Waals surface area contributed by atoms with E-state index in [9.17, 15) is 8.42 Å². The lowest BCUT2D eigenvalue weighted by molar-refractivity contribution is 0.581. The number of sulfonamides is 1. The Bertz CT molecular complexity index is 701. The summed E-state index contributed by atoms with van der Waals surface area (Å²) in [5, 5.41) is 5.03. The molecule has 0 amide bonds. The summed E-state index contributed by atoms with van der Waals surface area (Å²) in [5.41, 5.74) is 0.576. The first-order valence-electron chi connectivity index (χ1n) is 6.43. The molecule has 0 fully saturated rings. The molecule has 2 heterocycles. The number of halogens is 1. The van der Waals surface area contributed by atoms with Gasteiger partial charge in [-0.1, -0.05) is 6.92 Å². The van der Waals surface area contributed by atoms with Gasteiger partial charge in [-0.2, -0.15) is 0 Å². The molecule has 5 nitrogen and oxygen atoms in total. The normalized spacial score (nSPS) is 11.5. The Labute approximate surface area is 137 Å². The lowest BCUT2D eigenvalue weighted by atomic mass is 10.4. The Morgan fingerprint density at radius 1 is 1.43 bits per heavy atom. The van der Waals surface area contributed by atoms with Crippen molar-refractivity contribution in [2.45, 2.75) is 24.8 Å². The Morgan fingerprint density at radius 2 is 2.24 bits per heavy atom. The fourth-order valence-corrected chi connectivity index (χ4v) is 4.30.